The van der Waals surface area contributed by atoms with Crippen molar-refractivity contribution in [3.05, 3.63) is 42.7 Å². The van der Waals surface area contributed by atoms with Gasteiger partial charge in [-0.05, 0) is 25.1 Å². The molecule has 0 atom stereocenters. The number of H-pyrrole nitrogens is 1. The number of fused-ring (bicyclic) bond motifs is 3. The molecule has 0 bridgehead atoms. The second-order valence-corrected chi connectivity index (χ2v) is 3.88. The van der Waals surface area contributed by atoms with Gasteiger partial charge < -0.3 is 10.7 Å². The third-order valence-corrected chi connectivity index (χ3v) is 2.60. The summed E-state index contributed by atoms with van der Waals surface area (Å²) in [5.41, 5.74) is 7.30. The van der Waals surface area contributed by atoms with E-state index in [4.69, 9.17) is 5.73 Å². The Bertz CT molecular complexity index is 546. The van der Waals surface area contributed by atoms with Crippen molar-refractivity contribution in [2.45, 2.75) is 13.3 Å². The monoisotopic (exact) mass is 227 g/mol. The first-order chi connectivity index (χ1) is 8.36. The standard InChI is InChI=1S/C11H8N2.C3H9N/c1-2-4-10-8(3-1)9-5-6-12-7-11(9)13-10;1-2-3-4/h1-7,13H;2-4H2,1H3. The topological polar surface area (TPSA) is 54.7 Å². The van der Waals surface area contributed by atoms with Gasteiger partial charge in [0.05, 0.1) is 11.7 Å². The van der Waals surface area contributed by atoms with Crippen LogP contribution in [0, 0.1) is 0 Å². The van der Waals surface area contributed by atoms with E-state index < -0.39 is 0 Å². The van der Waals surface area contributed by atoms with Gasteiger partial charge in [0.1, 0.15) is 0 Å². The summed E-state index contributed by atoms with van der Waals surface area (Å²) in [6.45, 7) is 2.88. The molecule has 3 N–H and O–H groups in total. The van der Waals surface area contributed by atoms with Crippen LogP contribution in [0.4, 0.5) is 0 Å². The molecule has 0 aliphatic carbocycles. The maximum atomic E-state index is 5.03. The van der Waals surface area contributed by atoms with E-state index in [-0.39, 0.29) is 0 Å². The van der Waals surface area contributed by atoms with Crippen molar-refractivity contribution >= 4 is 21.8 Å². The minimum absolute atomic E-state index is 0.819. The Labute approximate surface area is 101 Å². The number of para-hydroxylation sites is 1. The van der Waals surface area contributed by atoms with Crippen LogP contribution in [0.1, 0.15) is 13.3 Å². The number of nitrogens with two attached hydrogens (primary N) is 1. The summed E-state index contributed by atoms with van der Waals surface area (Å²) >= 11 is 0. The Kier molecular flexibility index (Phi) is 3.73. The number of benzene rings is 1. The summed E-state index contributed by atoms with van der Waals surface area (Å²) < 4.78 is 0. The summed E-state index contributed by atoms with van der Waals surface area (Å²) in [5.74, 6) is 0. The average Bonchev–Trinajstić information content (AvgIpc) is 2.77. The molecule has 0 fully saturated rings. The van der Waals surface area contributed by atoms with Crippen LogP contribution in [0.2, 0.25) is 0 Å². The van der Waals surface area contributed by atoms with Crippen molar-refractivity contribution in [1.82, 2.24) is 9.97 Å². The van der Waals surface area contributed by atoms with Gasteiger partial charge in [0, 0.05) is 22.5 Å². The molecule has 0 spiro atoms. The maximum Gasteiger partial charge on any atom is 0.0651 e. The molecule has 0 radical (unpaired) electrons. The molecule has 0 saturated heterocycles. The van der Waals surface area contributed by atoms with Crippen LogP contribution in [0.15, 0.2) is 42.7 Å². The second-order valence-electron chi connectivity index (χ2n) is 3.88. The predicted molar refractivity (Wildman–Crippen MR) is 72.9 cm³/mol. The fourth-order valence-corrected chi connectivity index (χ4v) is 1.70. The lowest BCUT2D eigenvalue weighted by molar-refractivity contribution is 0.932. The van der Waals surface area contributed by atoms with Gasteiger partial charge in [0.2, 0.25) is 0 Å². The first-order valence-corrected chi connectivity index (χ1v) is 5.87. The highest BCUT2D eigenvalue weighted by Gasteiger charge is 2.00. The van der Waals surface area contributed by atoms with E-state index in [1.54, 1.807) is 0 Å². The zero-order valence-corrected chi connectivity index (χ0v) is 9.98. The van der Waals surface area contributed by atoms with E-state index in [2.05, 4.69) is 35.1 Å². The van der Waals surface area contributed by atoms with Crippen LogP contribution in [0.5, 0.6) is 0 Å². The SMILES string of the molecule is CCCN.c1ccc2c(c1)[nH]c1cnccc12. The normalized spacial score (nSPS) is 10.2. The van der Waals surface area contributed by atoms with Crippen molar-refractivity contribution in [3.63, 3.8) is 0 Å². The molecule has 1 aromatic carbocycles. The molecule has 0 aliphatic heterocycles. The van der Waals surface area contributed by atoms with Crippen LogP contribution >= 0.6 is 0 Å². The van der Waals surface area contributed by atoms with E-state index in [0.717, 1.165) is 18.5 Å². The van der Waals surface area contributed by atoms with E-state index in [9.17, 15) is 0 Å². The van der Waals surface area contributed by atoms with Gasteiger partial charge in [-0.15, -0.1) is 0 Å². The smallest absolute Gasteiger partial charge is 0.0651 e. The zero-order valence-electron chi connectivity index (χ0n) is 9.98. The third kappa shape index (κ3) is 2.45. The van der Waals surface area contributed by atoms with E-state index in [1.807, 2.05) is 24.5 Å². The molecule has 3 aromatic rings. The van der Waals surface area contributed by atoms with Crippen molar-refractivity contribution in [2.75, 3.05) is 6.54 Å². The van der Waals surface area contributed by atoms with Gasteiger partial charge in [-0.3, -0.25) is 4.98 Å². The Morgan fingerprint density at radius 2 is 1.82 bits per heavy atom. The lowest BCUT2D eigenvalue weighted by Crippen LogP contribution is -1.93. The van der Waals surface area contributed by atoms with Crippen LogP contribution in [-0.2, 0) is 0 Å². The molecule has 2 aromatic heterocycles. The number of pyridine rings is 1. The van der Waals surface area contributed by atoms with Crippen molar-refractivity contribution < 1.29 is 0 Å². The molecule has 0 saturated carbocycles. The number of hydrogen-bond acceptors (Lipinski definition) is 2. The number of aromatic amines is 1. The minimum Gasteiger partial charge on any atom is -0.353 e. The molecule has 0 amide bonds. The second kappa shape index (κ2) is 5.46. The van der Waals surface area contributed by atoms with Gasteiger partial charge in [0.25, 0.3) is 0 Å². The predicted octanol–water partition coefficient (Wildman–Crippen LogP) is 3.07. The number of hydrogen-bond donors (Lipinski definition) is 2. The molecule has 3 rings (SSSR count). The van der Waals surface area contributed by atoms with Gasteiger partial charge in [-0.2, -0.15) is 0 Å². The first kappa shape index (κ1) is 11.6. The highest BCUT2D eigenvalue weighted by Crippen LogP contribution is 2.23. The molecule has 3 nitrogen and oxygen atoms in total. The summed E-state index contributed by atoms with van der Waals surface area (Å²) in [4.78, 5) is 7.39. The largest absolute Gasteiger partial charge is 0.353 e. The number of aromatic nitrogens is 2. The van der Waals surface area contributed by atoms with Crippen molar-refractivity contribution in [2.24, 2.45) is 5.73 Å². The highest BCUT2D eigenvalue weighted by molar-refractivity contribution is 6.06. The van der Waals surface area contributed by atoms with Crippen LogP contribution in [0.3, 0.4) is 0 Å². The number of nitrogens with zero attached hydrogens (tertiary/aromatic N) is 1. The average molecular weight is 227 g/mol. The molecule has 3 heteroatoms. The lowest BCUT2D eigenvalue weighted by atomic mass is 10.2. The Hall–Kier alpha value is -1.87. The number of nitrogens with one attached hydrogen (secondary N) is 1. The minimum atomic E-state index is 0.819. The summed E-state index contributed by atoms with van der Waals surface area (Å²) in [6.07, 6.45) is 4.78. The summed E-state index contributed by atoms with van der Waals surface area (Å²) in [7, 11) is 0. The Morgan fingerprint density at radius 3 is 2.59 bits per heavy atom. The molecule has 0 unspecified atom stereocenters. The fraction of sp³-hybridized carbons (Fsp3) is 0.214. The van der Waals surface area contributed by atoms with E-state index >= 15 is 0 Å². The molecule has 0 aliphatic rings. The quantitative estimate of drug-likeness (QED) is 0.671. The lowest BCUT2D eigenvalue weighted by Gasteiger charge is -1.87. The van der Waals surface area contributed by atoms with Crippen LogP contribution < -0.4 is 5.73 Å². The Morgan fingerprint density at radius 1 is 1.12 bits per heavy atom. The molecular weight excluding hydrogens is 210 g/mol. The maximum absolute atomic E-state index is 5.03. The molecular formula is C14H17N3. The highest BCUT2D eigenvalue weighted by atomic mass is 14.7. The molecule has 88 valence electrons. The summed E-state index contributed by atoms with van der Waals surface area (Å²) in [5, 5.41) is 2.51. The Balaban J connectivity index is 0.000000239. The van der Waals surface area contributed by atoms with Crippen LogP contribution in [-0.4, -0.2) is 16.5 Å². The zero-order chi connectivity index (χ0) is 12.1. The molecule has 2 heterocycles. The molecule has 17 heavy (non-hydrogen) atoms. The fourth-order valence-electron chi connectivity index (χ4n) is 1.70. The van der Waals surface area contributed by atoms with E-state index in [0.29, 0.717) is 0 Å². The first-order valence-electron chi connectivity index (χ1n) is 5.87. The summed E-state index contributed by atoms with van der Waals surface area (Å²) in [6, 6.07) is 10.3. The van der Waals surface area contributed by atoms with Gasteiger partial charge in [0.15, 0.2) is 0 Å². The van der Waals surface area contributed by atoms with Gasteiger partial charge in [-0.25, -0.2) is 0 Å². The third-order valence-electron chi connectivity index (χ3n) is 2.60. The van der Waals surface area contributed by atoms with Gasteiger partial charge >= 0.3 is 0 Å². The van der Waals surface area contributed by atoms with Crippen molar-refractivity contribution in [3.8, 4) is 0 Å². The van der Waals surface area contributed by atoms with Crippen molar-refractivity contribution in [1.29, 1.82) is 0 Å². The van der Waals surface area contributed by atoms with E-state index in [1.165, 1.54) is 16.3 Å². The van der Waals surface area contributed by atoms with Crippen LogP contribution in [0.25, 0.3) is 21.8 Å². The van der Waals surface area contributed by atoms with Gasteiger partial charge in [-0.1, -0.05) is 25.1 Å². The number of rotatable bonds is 1.